The number of aliphatic hydroxyl groups is 2. The van der Waals surface area contributed by atoms with Crippen LogP contribution in [0.25, 0.3) is 0 Å². The molecule has 1 amide bonds. The average Bonchev–Trinajstić information content (AvgIpc) is 3.25. The van der Waals surface area contributed by atoms with Gasteiger partial charge in [0, 0.05) is 6.42 Å². The monoisotopic (exact) mass is 852 g/mol. The molecule has 0 aliphatic rings. The smallest absolute Gasteiger partial charge is 0.306 e. The highest BCUT2D eigenvalue weighted by molar-refractivity contribution is 5.77. The normalized spacial score (nSPS) is 13.9. The van der Waals surface area contributed by atoms with Gasteiger partial charge in [0.15, 0.2) is 0 Å². The summed E-state index contributed by atoms with van der Waals surface area (Å²) >= 11 is 0. The zero-order valence-corrected chi connectivity index (χ0v) is 40.0. The van der Waals surface area contributed by atoms with E-state index in [1.54, 1.807) is 0 Å². The average molecular weight is 852 g/mol. The predicted molar refractivity (Wildman–Crippen MR) is 264 cm³/mol. The van der Waals surface area contributed by atoms with Crippen molar-refractivity contribution in [2.45, 2.75) is 257 Å². The van der Waals surface area contributed by atoms with Gasteiger partial charge in [-0.1, -0.05) is 261 Å². The van der Waals surface area contributed by atoms with Gasteiger partial charge in [0.2, 0.25) is 5.91 Å². The zero-order chi connectivity index (χ0) is 44.5. The molecular weight excluding hydrogens is 755 g/mol. The largest absolute Gasteiger partial charge is 0.462 e. The minimum Gasteiger partial charge on any atom is -0.462 e. The third-order valence-corrected chi connectivity index (χ3v) is 11.5. The van der Waals surface area contributed by atoms with Gasteiger partial charge in [-0.3, -0.25) is 9.59 Å². The number of amides is 1. The van der Waals surface area contributed by atoms with Gasteiger partial charge in [-0.2, -0.15) is 0 Å². The van der Waals surface area contributed by atoms with E-state index in [4.69, 9.17) is 4.74 Å². The summed E-state index contributed by atoms with van der Waals surface area (Å²) in [5, 5.41) is 23.7. The van der Waals surface area contributed by atoms with E-state index < -0.39 is 18.2 Å². The van der Waals surface area contributed by atoms with Gasteiger partial charge in [0.1, 0.15) is 6.10 Å². The van der Waals surface area contributed by atoms with Crippen molar-refractivity contribution in [3.05, 3.63) is 72.9 Å². The van der Waals surface area contributed by atoms with Crippen molar-refractivity contribution in [3.8, 4) is 0 Å². The van der Waals surface area contributed by atoms with E-state index >= 15 is 0 Å². The second-order valence-corrected chi connectivity index (χ2v) is 17.4. The summed E-state index contributed by atoms with van der Waals surface area (Å²) in [5.41, 5.74) is 0. The minimum absolute atomic E-state index is 0.0262. The lowest BCUT2D eigenvalue weighted by Gasteiger charge is -2.24. The molecule has 0 spiro atoms. The summed E-state index contributed by atoms with van der Waals surface area (Å²) in [6.07, 6.45) is 61.0. The highest BCUT2D eigenvalue weighted by atomic mass is 16.5. The molecule has 6 nitrogen and oxygen atoms in total. The van der Waals surface area contributed by atoms with Crippen LogP contribution in [0.2, 0.25) is 0 Å². The molecule has 0 rings (SSSR count). The molecule has 61 heavy (non-hydrogen) atoms. The highest BCUT2D eigenvalue weighted by Gasteiger charge is 2.24. The quantitative estimate of drug-likeness (QED) is 0.0322. The topological polar surface area (TPSA) is 95.9 Å². The summed E-state index contributed by atoms with van der Waals surface area (Å²) in [6, 6.07) is -0.726. The fraction of sp³-hybridized carbons (Fsp3) is 0.745. The number of esters is 1. The van der Waals surface area contributed by atoms with E-state index in [1.807, 2.05) is 60.8 Å². The van der Waals surface area contributed by atoms with Crippen LogP contribution in [-0.2, 0) is 14.3 Å². The van der Waals surface area contributed by atoms with E-state index in [1.165, 1.54) is 135 Å². The molecule has 3 unspecified atom stereocenters. The predicted octanol–water partition coefficient (Wildman–Crippen LogP) is 15.4. The van der Waals surface area contributed by atoms with E-state index in [-0.39, 0.29) is 24.9 Å². The van der Waals surface area contributed by atoms with E-state index in [9.17, 15) is 19.8 Å². The Morgan fingerprint density at radius 2 is 0.885 bits per heavy atom. The molecule has 0 aromatic rings. The molecule has 0 aliphatic heterocycles. The molecule has 0 saturated heterocycles. The second-order valence-electron chi connectivity index (χ2n) is 17.4. The van der Waals surface area contributed by atoms with Crippen LogP contribution in [0.5, 0.6) is 0 Å². The van der Waals surface area contributed by atoms with Crippen LogP contribution < -0.4 is 5.32 Å². The third-order valence-electron chi connectivity index (χ3n) is 11.5. The maximum atomic E-state index is 13.2. The molecule has 0 aromatic carbocycles. The van der Waals surface area contributed by atoms with Crippen LogP contribution in [0.3, 0.4) is 0 Å². The first-order valence-corrected chi connectivity index (χ1v) is 25.7. The van der Waals surface area contributed by atoms with Gasteiger partial charge in [0.25, 0.3) is 0 Å². The molecule has 0 aromatic heterocycles. The Hall–Kier alpha value is -2.70. The van der Waals surface area contributed by atoms with Gasteiger partial charge in [-0.15, -0.1) is 0 Å². The van der Waals surface area contributed by atoms with Crippen molar-refractivity contribution in [3.63, 3.8) is 0 Å². The Kier molecular flexibility index (Phi) is 46.2. The molecule has 0 fully saturated rings. The molecule has 0 saturated carbocycles. The van der Waals surface area contributed by atoms with Gasteiger partial charge in [0.05, 0.1) is 25.2 Å². The number of carbonyl (C=O) groups is 2. The van der Waals surface area contributed by atoms with Crippen molar-refractivity contribution in [2.75, 3.05) is 6.61 Å². The molecule has 3 atom stereocenters. The molecule has 352 valence electrons. The zero-order valence-electron chi connectivity index (χ0n) is 40.0. The van der Waals surface area contributed by atoms with Crippen molar-refractivity contribution in [1.82, 2.24) is 5.32 Å². The fourth-order valence-corrected chi connectivity index (χ4v) is 7.59. The third kappa shape index (κ3) is 43.7. The van der Waals surface area contributed by atoms with E-state index in [2.05, 4.69) is 38.2 Å². The first-order valence-electron chi connectivity index (χ1n) is 25.7. The molecule has 0 aliphatic carbocycles. The number of allylic oxidation sites excluding steroid dienone is 12. The van der Waals surface area contributed by atoms with E-state index in [0.717, 1.165) is 57.8 Å². The maximum absolute atomic E-state index is 13.2. The van der Waals surface area contributed by atoms with Gasteiger partial charge in [-0.25, -0.2) is 0 Å². The van der Waals surface area contributed by atoms with Gasteiger partial charge < -0.3 is 20.3 Å². The SMILES string of the molecule is CC\C=C/C=C/C=C/C=C\C=C\C=C\CCCC(CC(=O)NC(CO)C(O)CCCCCCCCCCCCCCC)OC(=O)CCCCCCCCCCCCCCCC. The van der Waals surface area contributed by atoms with Crippen LogP contribution in [0, 0.1) is 0 Å². The lowest BCUT2D eigenvalue weighted by atomic mass is 10.0. The second kappa shape index (κ2) is 48.3. The summed E-state index contributed by atoms with van der Waals surface area (Å²) < 4.78 is 5.90. The Morgan fingerprint density at radius 1 is 0.492 bits per heavy atom. The van der Waals surface area contributed by atoms with Gasteiger partial charge in [-0.05, 0) is 38.5 Å². The van der Waals surface area contributed by atoms with E-state index in [0.29, 0.717) is 19.3 Å². The Bertz CT molecular complexity index is 1140. The van der Waals surface area contributed by atoms with Crippen LogP contribution in [0.15, 0.2) is 72.9 Å². The number of nitrogens with one attached hydrogen (secondary N) is 1. The number of ether oxygens (including phenoxy) is 1. The Labute approximate surface area is 377 Å². The number of hydrogen-bond acceptors (Lipinski definition) is 5. The lowest BCUT2D eigenvalue weighted by molar-refractivity contribution is -0.151. The number of carbonyl (C=O) groups excluding carboxylic acids is 2. The van der Waals surface area contributed by atoms with Crippen molar-refractivity contribution in [2.24, 2.45) is 0 Å². The standard InChI is InChI=1S/C55H97NO5/c1-4-7-10-13-16-19-22-25-27-29-31-34-37-40-43-46-51(61-55(60)48-45-42-39-36-33-30-26-23-20-17-14-11-8-5-2)49-54(59)56-52(50-57)53(58)47-44-41-38-35-32-28-24-21-18-15-12-9-6-3/h7,10,13,16,19,22,25,27,29,31,34,37,51-53,57-58H,4-6,8-9,11-12,14-15,17-18,20-21,23-24,26,28,30,32-33,35-36,38-50H2,1-3H3,(H,56,59)/b10-7-,16-13+,22-19+,27-25-,31-29+,37-34+. The molecule has 6 heteroatoms. The summed E-state index contributed by atoms with van der Waals surface area (Å²) in [5.74, 6) is -0.546. The summed E-state index contributed by atoms with van der Waals surface area (Å²) in [7, 11) is 0. The van der Waals surface area contributed by atoms with Crippen molar-refractivity contribution >= 4 is 11.9 Å². The summed E-state index contributed by atoms with van der Waals surface area (Å²) in [6.45, 7) is 6.32. The van der Waals surface area contributed by atoms with Crippen molar-refractivity contribution < 1.29 is 24.5 Å². The number of aliphatic hydroxyl groups excluding tert-OH is 2. The van der Waals surface area contributed by atoms with Crippen LogP contribution in [-0.4, -0.2) is 46.9 Å². The highest BCUT2D eigenvalue weighted by Crippen LogP contribution is 2.17. The van der Waals surface area contributed by atoms with Gasteiger partial charge >= 0.3 is 5.97 Å². The molecular formula is C55H97NO5. The number of hydrogen-bond donors (Lipinski definition) is 3. The molecule has 3 N–H and O–H groups in total. The summed E-state index contributed by atoms with van der Waals surface area (Å²) in [4.78, 5) is 26.1. The maximum Gasteiger partial charge on any atom is 0.306 e. The first kappa shape index (κ1) is 58.3. The lowest BCUT2D eigenvalue weighted by Crippen LogP contribution is -2.46. The van der Waals surface area contributed by atoms with Crippen LogP contribution in [0.1, 0.15) is 239 Å². The molecule has 0 radical (unpaired) electrons. The number of rotatable bonds is 45. The molecule has 0 heterocycles. The minimum atomic E-state index is -0.808. The fourth-order valence-electron chi connectivity index (χ4n) is 7.59. The first-order chi connectivity index (χ1) is 30.0. The Balaban J connectivity index is 4.72. The van der Waals surface area contributed by atoms with Crippen LogP contribution in [0.4, 0.5) is 0 Å². The number of unbranched alkanes of at least 4 members (excludes halogenated alkanes) is 26. The Morgan fingerprint density at radius 3 is 1.31 bits per heavy atom. The molecule has 0 bridgehead atoms. The van der Waals surface area contributed by atoms with Crippen molar-refractivity contribution in [1.29, 1.82) is 0 Å². The van der Waals surface area contributed by atoms with Crippen LogP contribution >= 0.6 is 0 Å².